The summed E-state index contributed by atoms with van der Waals surface area (Å²) >= 11 is 1.43. The van der Waals surface area contributed by atoms with Gasteiger partial charge in [-0.2, -0.15) is 0 Å². The molecule has 0 atom stereocenters. The van der Waals surface area contributed by atoms with Crippen LogP contribution >= 0.6 is 11.8 Å². The molecule has 0 aliphatic carbocycles. The quantitative estimate of drug-likeness (QED) is 0.411. The van der Waals surface area contributed by atoms with E-state index in [1.54, 1.807) is 13.8 Å². The second-order valence-electron chi connectivity index (χ2n) is 2.88. The van der Waals surface area contributed by atoms with Crippen LogP contribution in [0.25, 0.3) is 0 Å². The summed E-state index contributed by atoms with van der Waals surface area (Å²) in [6.45, 7) is 5.48. The van der Waals surface area contributed by atoms with E-state index >= 15 is 0 Å². The molecule has 0 aromatic carbocycles. The van der Waals surface area contributed by atoms with Crippen LogP contribution in [0, 0.1) is 5.41 Å². The number of hydrogen-bond donors (Lipinski definition) is 2. The van der Waals surface area contributed by atoms with Gasteiger partial charge in [0, 0.05) is 5.75 Å². The third kappa shape index (κ3) is 4.85. The third-order valence-corrected chi connectivity index (χ3v) is 2.76. The van der Waals surface area contributed by atoms with E-state index in [4.69, 9.17) is 11.1 Å². The Bertz CT molecular complexity index is 246. The van der Waals surface area contributed by atoms with Crippen LogP contribution < -0.4 is 5.73 Å². The molecule has 74 valence electrons. The molecule has 3 nitrogen and oxygen atoms in total. The highest BCUT2D eigenvalue weighted by molar-refractivity contribution is 8.13. The maximum Gasteiger partial charge on any atom is 0.172 e. The zero-order chi connectivity index (χ0) is 10.4. The molecule has 0 radical (unpaired) electrons. The molecule has 0 aliphatic rings. The molecule has 0 bridgehead atoms. The van der Waals surface area contributed by atoms with Gasteiger partial charge in [0.25, 0.3) is 0 Å². The maximum absolute atomic E-state index is 11.2. The van der Waals surface area contributed by atoms with Gasteiger partial charge < -0.3 is 5.73 Å². The minimum Gasteiger partial charge on any atom is -0.324 e. The molecule has 0 fully saturated rings. The molecule has 0 heterocycles. The zero-order valence-electron chi connectivity index (χ0n) is 8.31. The lowest BCUT2D eigenvalue weighted by Crippen LogP contribution is -2.15. The minimum atomic E-state index is -0.0132. The fraction of sp³-hybridized carbons (Fsp3) is 0.556. The zero-order valence-corrected chi connectivity index (χ0v) is 9.12. The topological polar surface area (TPSA) is 66.9 Å². The summed E-state index contributed by atoms with van der Waals surface area (Å²) in [6, 6.07) is 0. The summed E-state index contributed by atoms with van der Waals surface area (Å²) in [5.41, 5.74) is 6.97. The van der Waals surface area contributed by atoms with Crippen molar-refractivity contribution >= 4 is 22.6 Å². The first kappa shape index (κ1) is 12.4. The highest BCUT2D eigenvalue weighted by Crippen LogP contribution is 2.12. The molecule has 0 spiro atoms. The monoisotopic (exact) mass is 200 g/mol. The van der Waals surface area contributed by atoms with Crippen molar-refractivity contribution in [3.63, 3.8) is 0 Å². The summed E-state index contributed by atoms with van der Waals surface area (Å²) in [4.78, 5) is 11.2. The predicted octanol–water partition coefficient (Wildman–Crippen LogP) is 1.58. The van der Waals surface area contributed by atoms with Gasteiger partial charge in [-0.05, 0) is 26.3 Å². The summed E-state index contributed by atoms with van der Waals surface area (Å²) in [5.74, 6) is 0.688. The molecule has 0 aliphatic heterocycles. The highest BCUT2D eigenvalue weighted by Gasteiger charge is 2.05. The standard InChI is InChI=1S/C9H16N2OS/c1-6(5-13-8(3)11)7(2)9(12)4-10/h11H,4-5,10H2,1-3H3/b7-6+,11-8?. The first-order valence-electron chi connectivity index (χ1n) is 4.06. The van der Waals surface area contributed by atoms with Crippen molar-refractivity contribution in [1.82, 2.24) is 0 Å². The first-order chi connectivity index (χ1) is 5.99. The lowest BCUT2D eigenvalue weighted by atomic mass is 10.1. The number of thioether (sulfide) groups is 1. The van der Waals surface area contributed by atoms with E-state index in [1.165, 1.54) is 11.8 Å². The van der Waals surface area contributed by atoms with Crippen LogP contribution in [0.15, 0.2) is 11.1 Å². The Hall–Kier alpha value is -0.610. The van der Waals surface area contributed by atoms with E-state index < -0.39 is 0 Å². The Morgan fingerprint density at radius 2 is 1.92 bits per heavy atom. The number of rotatable bonds is 4. The predicted molar refractivity (Wildman–Crippen MR) is 58.3 cm³/mol. The number of Topliss-reactive ketones (excluding diaryl/α,β-unsaturated/α-hetero) is 1. The SMILES string of the molecule is CC(=N)SC/C(C)=C(\C)C(=O)CN. The molecular formula is C9H16N2OS. The van der Waals surface area contributed by atoms with Gasteiger partial charge in [0.1, 0.15) is 0 Å². The van der Waals surface area contributed by atoms with E-state index in [0.29, 0.717) is 10.8 Å². The van der Waals surface area contributed by atoms with Crippen LogP contribution in [0.3, 0.4) is 0 Å². The fourth-order valence-electron chi connectivity index (χ4n) is 0.716. The van der Waals surface area contributed by atoms with E-state index in [-0.39, 0.29) is 12.3 Å². The van der Waals surface area contributed by atoms with Gasteiger partial charge >= 0.3 is 0 Å². The smallest absolute Gasteiger partial charge is 0.172 e. The Kier molecular flexibility index (Phi) is 5.66. The van der Waals surface area contributed by atoms with Crippen molar-refractivity contribution in [2.45, 2.75) is 20.8 Å². The number of carbonyl (C=O) groups excluding carboxylic acids is 1. The van der Waals surface area contributed by atoms with Gasteiger partial charge in [-0.15, -0.1) is 11.8 Å². The summed E-state index contributed by atoms with van der Waals surface area (Å²) < 4.78 is 0. The third-order valence-electron chi connectivity index (χ3n) is 1.75. The molecule has 0 aromatic rings. The number of nitrogens with one attached hydrogen (secondary N) is 1. The number of hydrogen-bond acceptors (Lipinski definition) is 4. The van der Waals surface area contributed by atoms with E-state index in [2.05, 4.69) is 0 Å². The van der Waals surface area contributed by atoms with Crippen molar-refractivity contribution in [3.05, 3.63) is 11.1 Å². The van der Waals surface area contributed by atoms with Crippen LogP contribution in [-0.2, 0) is 4.79 Å². The fourth-order valence-corrected chi connectivity index (χ4v) is 1.37. The maximum atomic E-state index is 11.2. The Labute approximate surface area is 83.3 Å². The second kappa shape index (κ2) is 5.94. The molecule has 4 heteroatoms. The molecule has 0 unspecified atom stereocenters. The van der Waals surface area contributed by atoms with Gasteiger partial charge in [0.2, 0.25) is 0 Å². The van der Waals surface area contributed by atoms with Crippen molar-refractivity contribution in [2.75, 3.05) is 12.3 Å². The molecule has 13 heavy (non-hydrogen) atoms. The average Bonchev–Trinajstić information content (AvgIpc) is 2.11. The average molecular weight is 200 g/mol. The molecule has 0 amide bonds. The van der Waals surface area contributed by atoms with Gasteiger partial charge in [-0.1, -0.05) is 5.57 Å². The number of nitrogens with two attached hydrogens (primary N) is 1. The van der Waals surface area contributed by atoms with Crippen LogP contribution in [0.4, 0.5) is 0 Å². The number of ketones is 1. The van der Waals surface area contributed by atoms with Gasteiger partial charge in [0.05, 0.1) is 11.6 Å². The van der Waals surface area contributed by atoms with E-state index in [1.807, 2.05) is 6.92 Å². The molecule has 0 saturated heterocycles. The molecular weight excluding hydrogens is 184 g/mol. The molecule has 0 saturated carbocycles. The van der Waals surface area contributed by atoms with Gasteiger partial charge in [-0.25, -0.2) is 0 Å². The van der Waals surface area contributed by atoms with Crippen molar-refractivity contribution in [3.8, 4) is 0 Å². The van der Waals surface area contributed by atoms with Crippen molar-refractivity contribution in [2.24, 2.45) is 5.73 Å². The van der Waals surface area contributed by atoms with Gasteiger partial charge in [0.15, 0.2) is 5.78 Å². The van der Waals surface area contributed by atoms with Crippen LogP contribution in [0.2, 0.25) is 0 Å². The normalized spacial score (nSPS) is 12.3. The second-order valence-corrected chi connectivity index (χ2v) is 4.07. The molecule has 0 rings (SSSR count). The van der Waals surface area contributed by atoms with E-state index in [0.717, 1.165) is 11.1 Å². The van der Waals surface area contributed by atoms with E-state index in [9.17, 15) is 4.79 Å². The van der Waals surface area contributed by atoms with Crippen molar-refractivity contribution < 1.29 is 4.79 Å². The first-order valence-corrected chi connectivity index (χ1v) is 5.05. The highest BCUT2D eigenvalue weighted by atomic mass is 32.2. The van der Waals surface area contributed by atoms with Gasteiger partial charge in [-0.3, -0.25) is 10.2 Å². The largest absolute Gasteiger partial charge is 0.324 e. The number of carbonyl (C=O) groups is 1. The van der Waals surface area contributed by atoms with Crippen LogP contribution in [0.1, 0.15) is 20.8 Å². The van der Waals surface area contributed by atoms with Crippen molar-refractivity contribution in [1.29, 1.82) is 5.41 Å². The Balaban J connectivity index is 4.27. The molecule has 0 aromatic heterocycles. The summed E-state index contributed by atoms with van der Waals surface area (Å²) in [7, 11) is 0. The summed E-state index contributed by atoms with van der Waals surface area (Å²) in [6.07, 6.45) is 0. The lowest BCUT2D eigenvalue weighted by Gasteiger charge is -2.04. The Morgan fingerprint density at radius 1 is 1.38 bits per heavy atom. The lowest BCUT2D eigenvalue weighted by molar-refractivity contribution is -0.114. The summed E-state index contributed by atoms with van der Waals surface area (Å²) in [5, 5.41) is 7.77. The molecule has 3 N–H and O–H groups in total. The minimum absolute atomic E-state index is 0.0132. The Morgan fingerprint density at radius 3 is 2.31 bits per heavy atom. The van der Waals surface area contributed by atoms with Crippen LogP contribution in [0.5, 0.6) is 0 Å². The van der Waals surface area contributed by atoms with Crippen LogP contribution in [-0.4, -0.2) is 23.1 Å².